The molecule has 0 aliphatic rings. The molecule has 0 saturated heterocycles. The minimum atomic E-state index is 0.0226. The predicted octanol–water partition coefficient (Wildman–Crippen LogP) is 2.05. The van der Waals surface area contributed by atoms with Gasteiger partial charge in [0.15, 0.2) is 0 Å². The zero-order valence-corrected chi connectivity index (χ0v) is 12.7. The van der Waals surface area contributed by atoms with Crippen LogP contribution in [0.5, 0.6) is 0 Å². The molecular weight excluding hydrogens is 294 g/mol. The maximum absolute atomic E-state index is 12.1. The minimum absolute atomic E-state index is 0.0226. The molecule has 1 amide bonds. The molecule has 0 atom stereocenters. The maximum Gasteiger partial charge on any atom is 0.253 e. The van der Waals surface area contributed by atoms with Gasteiger partial charge in [-0.15, -0.1) is 0 Å². The van der Waals surface area contributed by atoms with Gasteiger partial charge in [0.05, 0.1) is 0 Å². The van der Waals surface area contributed by atoms with Gasteiger partial charge in [0.25, 0.3) is 5.91 Å². The number of amides is 1. The number of nitrogen functional groups attached to an aromatic ring is 1. The number of nitrogens with zero attached hydrogens (tertiary/aromatic N) is 2. The minimum Gasteiger partial charge on any atom is -0.398 e. The van der Waals surface area contributed by atoms with Crippen LogP contribution >= 0.6 is 15.9 Å². The lowest BCUT2D eigenvalue weighted by Gasteiger charge is -2.18. The molecule has 1 aromatic carbocycles. The summed E-state index contributed by atoms with van der Waals surface area (Å²) in [5.41, 5.74) is 7.00. The van der Waals surface area contributed by atoms with E-state index in [1.165, 1.54) is 0 Å². The van der Waals surface area contributed by atoms with Gasteiger partial charge < -0.3 is 15.5 Å². The van der Waals surface area contributed by atoms with Gasteiger partial charge in [-0.05, 0) is 61.2 Å². The van der Waals surface area contributed by atoms with Crippen molar-refractivity contribution >= 4 is 27.5 Å². The monoisotopic (exact) mass is 313 g/mol. The Morgan fingerprint density at radius 1 is 1.28 bits per heavy atom. The summed E-state index contributed by atoms with van der Waals surface area (Å²) in [4.78, 5) is 16.0. The summed E-state index contributed by atoms with van der Waals surface area (Å²) >= 11 is 3.33. The Morgan fingerprint density at radius 3 is 2.50 bits per heavy atom. The van der Waals surface area contributed by atoms with E-state index < -0.39 is 0 Å². The zero-order valence-electron chi connectivity index (χ0n) is 11.1. The van der Waals surface area contributed by atoms with Gasteiger partial charge >= 0.3 is 0 Å². The van der Waals surface area contributed by atoms with E-state index in [2.05, 4.69) is 20.8 Å². The molecule has 0 aromatic heterocycles. The summed E-state index contributed by atoms with van der Waals surface area (Å²) in [6, 6.07) is 5.26. The van der Waals surface area contributed by atoms with Gasteiger partial charge in [0.2, 0.25) is 0 Å². The van der Waals surface area contributed by atoms with Gasteiger partial charge in [0.1, 0.15) is 0 Å². The second-order valence-electron chi connectivity index (χ2n) is 4.62. The number of carbonyl (C=O) groups is 1. The first kappa shape index (κ1) is 15.0. The SMILES string of the molecule is CN(C)CCCN(C)C(=O)c1ccc(N)c(Br)c1. The van der Waals surface area contributed by atoms with E-state index >= 15 is 0 Å². The lowest BCUT2D eigenvalue weighted by Crippen LogP contribution is -2.29. The molecule has 0 radical (unpaired) electrons. The van der Waals surface area contributed by atoms with Crippen LogP contribution in [0.2, 0.25) is 0 Å². The summed E-state index contributed by atoms with van der Waals surface area (Å²) in [5, 5.41) is 0. The Hall–Kier alpha value is -1.07. The highest BCUT2D eigenvalue weighted by molar-refractivity contribution is 9.10. The van der Waals surface area contributed by atoms with Crippen LogP contribution in [0, 0.1) is 0 Å². The first-order chi connectivity index (χ1) is 8.41. The van der Waals surface area contributed by atoms with Crippen LogP contribution < -0.4 is 5.73 Å². The molecule has 0 unspecified atom stereocenters. The molecule has 0 heterocycles. The van der Waals surface area contributed by atoms with E-state index in [0.29, 0.717) is 11.3 Å². The van der Waals surface area contributed by atoms with E-state index in [9.17, 15) is 4.79 Å². The first-order valence-corrected chi connectivity index (χ1v) is 6.66. The van der Waals surface area contributed by atoms with Crippen LogP contribution in [-0.2, 0) is 0 Å². The second-order valence-corrected chi connectivity index (χ2v) is 5.47. The van der Waals surface area contributed by atoms with Crippen molar-refractivity contribution < 1.29 is 4.79 Å². The average molecular weight is 314 g/mol. The normalized spacial score (nSPS) is 10.7. The molecule has 4 nitrogen and oxygen atoms in total. The van der Waals surface area contributed by atoms with Crippen LogP contribution in [-0.4, -0.2) is 49.9 Å². The first-order valence-electron chi connectivity index (χ1n) is 5.87. The molecule has 18 heavy (non-hydrogen) atoms. The third-order valence-electron chi connectivity index (χ3n) is 2.69. The van der Waals surface area contributed by atoms with Crippen molar-refractivity contribution in [1.82, 2.24) is 9.80 Å². The van der Waals surface area contributed by atoms with Crippen LogP contribution in [0.25, 0.3) is 0 Å². The summed E-state index contributed by atoms with van der Waals surface area (Å²) in [6.45, 7) is 1.72. The van der Waals surface area contributed by atoms with Crippen molar-refractivity contribution in [1.29, 1.82) is 0 Å². The Balaban J connectivity index is 2.60. The summed E-state index contributed by atoms with van der Waals surface area (Å²) in [5.74, 6) is 0.0226. The molecule has 100 valence electrons. The summed E-state index contributed by atoms with van der Waals surface area (Å²) in [7, 11) is 5.88. The van der Waals surface area contributed by atoms with Crippen LogP contribution in [0.15, 0.2) is 22.7 Å². The van der Waals surface area contributed by atoms with Crippen LogP contribution in [0.4, 0.5) is 5.69 Å². The van der Waals surface area contributed by atoms with E-state index in [1.54, 1.807) is 23.1 Å². The van der Waals surface area contributed by atoms with Gasteiger partial charge in [-0.2, -0.15) is 0 Å². The molecule has 0 fully saturated rings. The third-order valence-corrected chi connectivity index (χ3v) is 3.38. The molecule has 0 aliphatic carbocycles. The lowest BCUT2D eigenvalue weighted by molar-refractivity contribution is 0.0790. The average Bonchev–Trinajstić information content (AvgIpc) is 2.31. The molecular formula is C13H20BrN3O. The fourth-order valence-electron chi connectivity index (χ4n) is 1.61. The zero-order chi connectivity index (χ0) is 13.7. The van der Waals surface area contributed by atoms with Crippen molar-refractivity contribution in [2.45, 2.75) is 6.42 Å². The topological polar surface area (TPSA) is 49.6 Å². The van der Waals surface area contributed by atoms with Crippen LogP contribution in [0.1, 0.15) is 16.8 Å². The molecule has 1 aromatic rings. The molecule has 0 bridgehead atoms. The third kappa shape index (κ3) is 4.31. The van der Waals surface area contributed by atoms with Crippen molar-refractivity contribution in [2.24, 2.45) is 0 Å². The Bertz CT molecular complexity index is 421. The van der Waals surface area contributed by atoms with E-state index in [-0.39, 0.29) is 5.91 Å². The van der Waals surface area contributed by atoms with E-state index in [1.807, 2.05) is 21.1 Å². The Morgan fingerprint density at radius 2 is 1.94 bits per heavy atom. The number of nitrogens with two attached hydrogens (primary N) is 1. The molecule has 2 N–H and O–H groups in total. The number of carbonyl (C=O) groups excluding carboxylic acids is 1. The number of anilines is 1. The number of hydrogen-bond acceptors (Lipinski definition) is 3. The smallest absolute Gasteiger partial charge is 0.253 e. The summed E-state index contributed by atoms with van der Waals surface area (Å²) in [6.07, 6.45) is 0.964. The number of rotatable bonds is 5. The largest absolute Gasteiger partial charge is 0.398 e. The molecule has 5 heteroatoms. The Labute approximate surface area is 117 Å². The van der Waals surface area contributed by atoms with E-state index in [0.717, 1.165) is 24.0 Å². The Kier molecular flexibility index (Phi) is 5.62. The van der Waals surface area contributed by atoms with E-state index in [4.69, 9.17) is 5.73 Å². The van der Waals surface area contributed by atoms with Crippen molar-refractivity contribution in [3.63, 3.8) is 0 Å². The molecule has 1 rings (SSSR count). The standard InChI is InChI=1S/C13H20BrN3O/c1-16(2)7-4-8-17(3)13(18)10-5-6-12(15)11(14)9-10/h5-6,9H,4,7-8,15H2,1-3H3. The number of halogens is 1. The highest BCUT2D eigenvalue weighted by Gasteiger charge is 2.12. The van der Waals surface area contributed by atoms with Crippen molar-refractivity contribution in [3.8, 4) is 0 Å². The molecule has 0 spiro atoms. The fraction of sp³-hybridized carbons (Fsp3) is 0.462. The highest BCUT2D eigenvalue weighted by atomic mass is 79.9. The highest BCUT2D eigenvalue weighted by Crippen LogP contribution is 2.21. The molecule has 0 aliphatic heterocycles. The number of hydrogen-bond donors (Lipinski definition) is 1. The lowest BCUT2D eigenvalue weighted by atomic mass is 10.2. The second kappa shape index (κ2) is 6.75. The van der Waals surface area contributed by atoms with Crippen molar-refractivity contribution in [3.05, 3.63) is 28.2 Å². The van der Waals surface area contributed by atoms with Crippen LogP contribution in [0.3, 0.4) is 0 Å². The van der Waals surface area contributed by atoms with Gasteiger partial charge in [-0.25, -0.2) is 0 Å². The van der Waals surface area contributed by atoms with Gasteiger partial charge in [-0.3, -0.25) is 4.79 Å². The maximum atomic E-state index is 12.1. The fourth-order valence-corrected chi connectivity index (χ4v) is 1.98. The van der Waals surface area contributed by atoms with Gasteiger partial charge in [0, 0.05) is 29.3 Å². The number of benzene rings is 1. The van der Waals surface area contributed by atoms with Gasteiger partial charge in [-0.1, -0.05) is 0 Å². The predicted molar refractivity (Wildman–Crippen MR) is 78.7 cm³/mol. The quantitative estimate of drug-likeness (QED) is 0.846. The van der Waals surface area contributed by atoms with Crippen molar-refractivity contribution in [2.75, 3.05) is 40.0 Å². The molecule has 0 saturated carbocycles. The summed E-state index contributed by atoms with van der Waals surface area (Å²) < 4.78 is 0.759.